The van der Waals surface area contributed by atoms with E-state index in [2.05, 4.69) is 29.8 Å². The minimum absolute atomic E-state index is 0.0101. The first kappa shape index (κ1) is 20.7. The number of ether oxygens (including phenoxy) is 2. The summed E-state index contributed by atoms with van der Waals surface area (Å²) in [6.45, 7) is 5.63. The third kappa shape index (κ3) is 4.11. The number of hydrogen-bond donors (Lipinski definition) is 1. The van der Waals surface area contributed by atoms with Gasteiger partial charge in [0.25, 0.3) is 0 Å². The first-order chi connectivity index (χ1) is 15.5. The number of anilines is 1. The maximum Gasteiger partial charge on any atom is 0.246 e. The molecule has 7 heteroatoms. The number of piperidine rings is 1. The molecule has 1 saturated carbocycles. The molecule has 2 aromatic rings. The summed E-state index contributed by atoms with van der Waals surface area (Å²) in [7, 11) is 0. The molecule has 1 N–H and O–H groups in total. The Morgan fingerprint density at radius 3 is 2.53 bits per heavy atom. The van der Waals surface area contributed by atoms with Gasteiger partial charge >= 0.3 is 0 Å². The lowest BCUT2D eigenvalue weighted by atomic mass is 9.95. The number of fused-ring (bicyclic) bond motifs is 1. The Morgan fingerprint density at radius 2 is 1.78 bits per heavy atom. The molecule has 3 heterocycles. The number of nitrogens with zero attached hydrogens (tertiary/aromatic N) is 2. The molecular weight excluding hydrogens is 406 g/mol. The molecule has 1 aromatic carbocycles. The summed E-state index contributed by atoms with van der Waals surface area (Å²) in [6, 6.07) is 8.19. The fourth-order valence-electron chi connectivity index (χ4n) is 4.71. The monoisotopic (exact) mass is 435 g/mol. The molecule has 2 aliphatic heterocycles. The molecule has 32 heavy (non-hydrogen) atoms. The van der Waals surface area contributed by atoms with Crippen LogP contribution in [-0.2, 0) is 9.59 Å². The largest absolute Gasteiger partial charge is 0.454 e. The number of carbonyl (C=O) groups excluding carboxylic acids is 2. The number of aromatic nitrogens is 1. The van der Waals surface area contributed by atoms with Gasteiger partial charge in [0.05, 0.1) is 0 Å². The molecule has 5 rings (SSSR count). The van der Waals surface area contributed by atoms with Crippen LogP contribution in [0.1, 0.15) is 48.7 Å². The summed E-state index contributed by atoms with van der Waals surface area (Å²) in [4.78, 5) is 27.2. The number of likely N-dealkylation sites (tertiary alicyclic amines) is 1. The van der Waals surface area contributed by atoms with E-state index in [4.69, 9.17) is 9.47 Å². The van der Waals surface area contributed by atoms with Crippen LogP contribution in [0.2, 0.25) is 0 Å². The van der Waals surface area contributed by atoms with Crippen LogP contribution in [0.25, 0.3) is 6.08 Å². The van der Waals surface area contributed by atoms with Crippen molar-refractivity contribution in [3.05, 3.63) is 47.3 Å². The van der Waals surface area contributed by atoms with Crippen molar-refractivity contribution in [1.29, 1.82) is 0 Å². The van der Waals surface area contributed by atoms with Gasteiger partial charge < -0.3 is 24.3 Å². The van der Waals surface area contributed by atoms with Crippen molar-refractivity contribution in [3.63, 3.8) is 0 Å². The van der Waals surface area contributed by atoms with E-state index in [0.29, 0.717) is 49.2 Å². The van der Waals surface area contributed by atoms with E-state index in [1.54, 1.807) is 18.2 Å². The van der Waals surface area contributed by atoms with Crippen molar-refractivity contribution in [2.45, 2.75) is 45.6 Å². The van der Waals surface area contributed by atoms with Gasteiger partial charge in [0.2, 0.25) is 18.6 Å². The summed E-state index contributed by atoms with van der Waals surface area (Å²) < 4.78 is 13.1. The van der Waals surface area contributed by atoms with Gasteiger partial charge in [-0.05, 0) is 69.4 Å². The van der Waals surface area contributed by atoms with Crippen LogP contribution in [0, 0.1) is 19.8 Å². The van der Waals surface area contributed by atoms with Crippen molar-refractivity contribution in [2.24, 2.45) is 5.92 Å². The second-order valence-electron chi connectivity index (χ2n) is 8.92. The predicted octanol–water partition coefficient (Wildman–Crippen LogP) is 4.06. The highest BCUT2D eigenvalue weighted by Crippen LogP contribution is 2.38. The molecule has 0 radical (unpaired) electrons. The van der Waals surface area contributed by atoms with Gasteiger partial charge in [-0.25, -0.2) is 0 Å². The van der Waals surface area contributed by atoms with E-state index in [1.165, 1.54) is 24.2 Å². The van der Waals surface area contributed by atoms with Gasteiger partial charge in [0.15, 0.2) is 11.5 Å². The molecule has 2 amide bonds. The Balaban J connectivity index is 1.14. The first-order valence-electron chi connectivity index (χ1n) is 11.4. The molecule has 1 aromatic heterocycles. The standard InChI is InChI=1S/C25H29N3O4/c1-16-13-19(17(2)28(16)21-5-6-21)3-8-24(29)27-11-9-18(10-12-27)25(30)26-20-4-7-22-23(14-20)32-15-31-22/h3-4,7-8,13-14,18,21H,5-6,9-12,15H2,1-2H3,(H,26,30). The highest BCUT2D eigenvalue weighted by molar-refractivity contribution is 5.94. The van der Waals surface area contributed by atoms with Gasteiger partial charge in [-0.15, -0.1) is 0 Å². The van der Waals surface area contributed by atoms with E-state index in [9.17, 15) is 9.59 Å². The molecule has 168 valence electrons. The lowest BCUT2D eigenvalue weighted by molar-refractivity contribution is -0.130. The van der Waals surface area contributed by atoms with Crippen LogP contribution in [0.15, 0.2) is 30.3 Å². The number of benzene rings is 1. The van der Waals surface area contributed by atoms with Crippen LogP contribution >= 0.6 is 0 Å². The summed E-state index contributed by atoms with van der Waals surface area (Å²) >= 11 is 0. The van der Waals surface area contributed by atoms with E-state index in [-0.39, 0.29) is 24.5 Å². The molecule has 0 bridgehead atoms. The molecular formula is C25H29N3O4. The molecule has 2 fully saturated rings. The van der Waals surface area contributed by atoms with E-state index >= 15 is 0 Å². The Kier molecular flexibility index (Phi) is 5.41. The zero-order valence-corrected chi connectivity index (χ0v) is 18.6. The van der Waals surface area contributed by atoms with Crippen molar-refractivity contribution in [1.82, 2.24) is 9.47 Å². The predicted molar refractivity (Wildman–Crippen MR) is 122 cm³/mol. The normalized spacial score (nSPS) is 18.4. The minimum Gasteiger partial charge on any atom is -0.454 e. The maximum atomic E-state index is 12.7. The summed E-state index contributed by atoms with van der Waals surface area (Å²) in [5, 5.41) is 2.97. The lowest BCUT2D eigenvalue weighted by Crippen LogP contribution is -2.40. The summed E-state index contributed by atoms with van der Waals surface area (Å²) in [6.07, 6.45) is 7.41. The number of amides is 2. The first-order valence-corrected chi connectivity index (χ1v) is 11.4. The van der Waals surface area contributed by atoms with E-state index in [1.807, 2.05) is 17.0 Å². The fraction of sp³-hybridized carbons (Fsp3) is 0.440. The molecule has 7 nitrogen and oxygen atoms in total. The zero-order chi connectivity index (χ0) is 22.2. The molecule has 1 aliphatic carbocycles. The van der Waals surface area contributed by atoms with Crippen molar-refractivity contribution in [3.8, 4) is 11.5 Å². The van der Waals surface area contributed by atoms with Crippen molar-refractivity contribution >= 4 is 23.6 Å². The zero-order valence-electron chi connectivity index (χ0n) is 18.6. The Bertz CT molecular complexity index is 1080. The lowest BCUT2D eigenvalue weighted by Gasteiger charge is -2.30. The number of hydrogen-bond acceptors (Lipinski definition) is 4. The van der Waals surface area contributed by atoms with E-state index in [0.717, 1.165) is 5.56 Å². The summed E-state index contributed by atoms with van der Waals surface area (Å²) in [5.41, 5.74) is 4.30. The van der Waals surface area contributed by atoms with E-state index < -0.39 is 0 Å². The van der Waals surface area contributed by atoms with Crippen LogP contribution < -0.4 is 14.8 Å². The Hall–Kier alpha value is -3.22. The van der Waals surface area contributed by atoms with Gasteiger partial charge in [-0.1, -0.05) is 0 Å². The third-order valence-electron chi connectivity index (χ3n) is 6.66. The van der Waals surface area contributed by atoms with Crippen LogP contribution in [0.5, 0.6) is 11.5 Å². The van der Waals surface area contributed by atoms with Crippen LogP contribution in [-0.4, -0.2) is 41.2 Å². The fourth-order valence-corrected chi connectivity index (χ4v) is 4.71. The smallest absolute Gasteiger partial charge is 0.246 e. The molecule has 0 unspecified atom stereocenters. The topological polar surface area (TPSA) is 72.8 Å². The Labute approximate surface area is 188 Å². The number of rotatable bonds is 5. The Morgan fingerprint density at radius 1 is 1.03 bits per heavy atom. The molecule has 0 atom stereocenters. The van der Waals surface area contributed by atoms with Crippen molar-refractivity contribution < 1.29 is 19.1 Å². The SMILES string of the molecule is Cc1cc(C=CC(=O)N2CCC(C(=O)Nc3ccc4c(c3)OCO4)CC2)c(C)n1C1CC1. The summed E-state index contributed by atoms with van der Waals surface area (Å²) in [5.74, 6) is 1.23. The number of nitrogens with one attached hydrogen (secondary N) is 1. The second-order valence-corrected chi connectivity index (χ2v) is 8.92. The van der Waals surface area contributed by atoms with Gasteiger partial charge in [-0.2, -0.15) is 0 Å². The van der Waals surface area contributed by atoms with Gasteiger partial charge in [0.1, 0.15) is 0 Å². The molecule has 0 spiro atoms. The third-order valence-corrected chi connectivity index (χ3v) is 6.66. The average Bonchev–Trinajstić information content (AvgIpc) is 3.44. The highest BCUT2D eigenvalue weighted by Gasteiger charge is 2.28. The highest BCUT2D eigenvalue weighted by atomic mass is 16.7. The van der Waals surface area contributed by atoms with Crippen LogP contribution in [0.3, 0.4) is 0 Å². The maximum absolute atomic E-state index is 12.7. The number of aryl methyl sites for hydroxylation is 1. The molecule has 3 aliphatic rings. The minimum atomic E-state index is -0.106. The quantitative estimate of drug-likeness (QED) is 0.719. The molecule has 1 saturated heterocycles. The van der Waals surface area contributed by atoms with Crippen LogP contribution in [0.4, 0.5) is 5.69 Å². The van der Waals surface area contributed by atoms with Gasteiger partial charge in [0, 0.05) is 54.3 Å². The average molecular weight is 436 g/mol. The van der Waals surface area contributed by atoms with Gasteiger partial charge in [-0.3, -0.25) is 9.59 Å². The van der Waals surface area contributed by atoms with Crippen molar-refractivity contribution in [2.75, 3.05) is 25.2 Å². The number of carbonyl (C=O) groups is 2. The second kappa shape index (κ2) is 8.37.